The minimum absolute atomic E-state index is 0.0410. The summed E-state index contributed by atoms with van der Waals surface area (Å²) >= 11 is 0. The van der Waals surface area contributed by atoms with Gasteiger partial charge in [-0.1, -0.05) is 5.57 Å². The standard InChI is InChI=1S/C10H12F6/c1-6-3-2-4-7(9(11,12)13)5-8(6)10(14,15)16/h7H,2-5H2,1H3. The first kappa shape index (κ1) is 13.4. The molecule has 94 valence electrons. The predicted octanol–water partition coefficient (Wildman–Crippen LogP) is 4.62. The number of allylic oxidation sites excluding steroid dienone is 2. The molecule has 1 rings (SSSR count). The van der Waals surface area contributed by atoms with Crippen LogP contribution in [0, 0.1) is 5.92 Å². The zero-order valence-corrected chi connectivity index (χ0v) is 8.67. The summed E-state index contributed by atoms with van der Waals surface area (Å²) in [4.78, 5) is 0. The maximum atomic E-state index is 12.5. The molecular weight excluding hydrogens is 234 g/mol. The van der Waals surface area contributed by atoms with Crippen LogP contribution in [0.2, 0.25) is 0 Å². The molecule has 0 aromatic rings. The Kier molecular flexibility index (Phi) is 3.59. The first-order valence-corrected chi connectivity index (χ1v) is 4.95. The van der Waals surface area contributed by atoms with Crippen LogP contribution in [-0.4, -0.2) is 12.4 Å². The van der Waals surface area contributed by atoms with Crippen molar-refractivity contribution in [1.82, 2.24) is 0 Å². The molecule has 0 aliphatic heterocycles. The van der Waals surface area contributed by atoms with Gasteiger partial charge >= 0.3 is 12.4 Å². The van der Waals surface area contributed by atoms with Crippen molar-refractivity contribution in [3.05, 3.63) is 11.1 Å². The lowest BCUT2D eigenvalue weighted by atomic mass is 9.96. The Balaban J connectivity index is 2.96. The molecule has 0 saturated carbocycles. The first-order valence-electron chi connectivity index (χ1n) is 4.95. The monoisotopic (exact) mass is 246 g/mol. The molecule has 0 radical (unpaired) electrons. The molecule has 1 unspecified atom stereocenters. The molecule has 0 amide bonds. The third-order valence-electron chi connectivity index (χ3n) is 2.88. The Morgan fingerprint density at radius 2 is 1.62 bits per heavy atom. The van der Waals surface area contributed by atoms with Gasteiger partial charge in [-0.05, 0) is 32.6 Å². The van der Waals surface area contributed by atoms with Gasteiger partial charge in [0.25, 0.3) is 0 Å². The molecule has 0 N–H and O–H groups in total. The molecule has 1 aliphatic rings. The van der Waals surface area contributed by atoms with E-state index in [-0.39, 0.29) is 24.8 Å². The Labute approximate surface area is 89.3 Å². The van der Waals surface area contributed by atoms with E-state index in [0.29, 0.717) is 0 Å². The van der Waals surface area contributed by atoms with Crippen LogP contribution in [0.4, 0.5) is 26.3 Å². The number of alkyl halides is 6. The Bertz CT molecular complexity index is 283. The van der Waals surface area contributed by atoms with E-state index in [1.807, 2.05) is 0 Å². The summed E-state index contributed by atoms with van der Waals surface area (Å²) < 4.78 is 74.8. The van der Waals surface area contributed by atoms with E-state index in [2.05, 4.69) is 0 Å². The number of halogens is 6. The van der Waals surface area contributed by atoms with Crippen molar-refractivity contribution in [1.29, 1.82) is 0 Å². The SMILES string of the molecule is CC1=C(C(F)(F)F)CC(C(F)(F)F)CCC1. The van der Waals surface area contributed by atoms with Gasteiger partial charge in [-0.15, -0.1) is 0 Å². The summed E-state index contributed by atoms with van der Waals surface area (Å²) in [7, 11) is 0. The minimum atomic E-state index is -4.64. The Morgan fingerprint density at radius 1 is 1.06 bits per heavy atom. The summed E-state index contributed by atoms with van der Waals surface area (Å²) in [5.74, 6) is -1.86. The fourth-order valence-corrected chi connectivity index (χ4v) is 1.92. The van der Waals surface area contributed by atoms with Gasteiger partial charge < -0.3 is 0 Å². The molecule has 0 fully saturated rings. The van der Waals surface area contributed by atoms with Crippen molar-refractivity contribution in [2.75, 3.05) is 0 Å². The number of rotatable bonds is 0. The first-order chi connectivity index (χ1) is 7.12. The van der Waals surface area contributed by atoms with Gasteiger partial charge in [-0.3, -0.25) is 0 Å². The lowest BCUT2D eigenvalue weighted by molar-refractivity contribution is -0.179. The molecule has 0 heterocycles. The van der Waals surface area contributed by atoms with Gasteiger partial charge in [0.05, 0.1) is 5.92 Å². The second-order valence-electron chi connectivity index (χ2n) is 4.09. The summed E-state index contributed by atoms with van der Waals surface area (Å²) in [6.07, 6.45) is -10.1. The number of hydrogen-bond donors (Lipinski definition) is 0. The molecule has 1 atom stereocenters. The van der Waals surface area contributed by atoms with Crippen molar-refractivity contribution >= 4 is 0 Å². The van der Waals surface area contributed by atoms with Crippen LogP contribution in [0.1, 0.15) is 32.6 Å². The van der Waals surface area contributed by atoms with E-state index < -0.39 is 30.3 Å². The van der Waals surface area contributed by atoms with E-state index >= 15 is 0 Å². The van der Waals surface area contributed by atoms with Gasteiger partial charge in [-0.2, -0.15) is 26.3 Å². The van der Waals surface area contributed by atoms with Crippen molar-refractivity contribution in [3.63, 3.8) is 0 Å². The number of hydrogen-bond acceptors (Lipinski definition) is 0. The highest BCUT2D eigenvalue weighted by atomic mass is 19.4. The smallest absolute Gasteiger partial charge is 0.171 e. The van der Waals surface area contributed by atoms with Crippen LogP contribution in [0.25, 0.3) is 0 Å². The summed E-state index contributed by atoms with van der Waals surface area (Å²) in [5, 5.41) is 0. The van der Waals surface area contributed by atoms with Crippen molar-refractivity contribution < 1.29 is 26.3 Å². The third kappa shape index (κ3) is 3.15. The van der Waals surface area contributed by atoms with Crippen LogP contribution < -0.4 is 0 Å². The van der Waals surface area contributed by atoms with Crippen LogP contribution >= 0.6 is 0 Å². The quantitative estimate of drug-likeness (QED) is 0.432. The highest BCUT2D eigenvalue weighted by Gasteiger charge is 2.45. The van der Waals surface area contributed by atoms with E-state index in [0.717, 1.165) is 0 Å². The Hall–Kier alpha value is -0.680. The molecule has 0 saturated heterocycles. The molecule has 1 aliphatic carbocycles. The summed E-state index contributed by atoms with van der Waals surface area (Å²) in [5.41, 5.74) is -0.952. The zero-order valence-electron chi connectivity index (χ0n) is 8.67. The fraction of sp³-hybridized carbons (Fsp3) is 0.800. The minimum Gasteiger partial charge on any atom is -0.171 e. The van der Waals surface area contributed by atoms with Crippen LogP contribution in [0.5, 0.6) is 0 Å². The van der Waals surface area contributed by atoms with Crippen LogP contribution in [0.15, 0.2) is 11.1 Å². The topological polar surface area (TPSA) is 0 Å². The van der Waals surface area contributed by atoms with Crippen molar-refractivity contribution in [3.8, 4) is 0 Å². The second kappa shape index (κ2) is 4.30. The third-order valence-corrected chi connectivity index (χ3v) is 2.88. The van der Waals surface area contributed by atoms with Gasteiger partial charge in [0, 0.05) is 5.57 Å². The highest BCUT2D eigenvalue weighted by molar-refractivity contribution is 5.19. The summed E-state index contributed by atoms with van der Waals surface area (Å²) in [6, 6.07) is 0. The van der Waals surface area contributed by atoms with Crippen molar-refractivity contribution in [2.45, 2.75) is 45.0 Å². The largest absolute Gasteiger partial charge is 0.412 e. The lowest BCUT2D eigenvalue weighted by Crippen LogP contribution is -2.25. The highest BCUT2D eigenvalue weighted by Crippen LogP contribution is 2.43. The molecule has 0 aromatic heterocycles. The molecule has 6 heteroatoms. The van der Waals surface area contributed by atoms with Gasteiger partial charge in [0.15, 0.2) is 0 Å². The van der Waals surface area contributed by atoms with Gasteiger partial charge in [0.2, 0.25) is 0 Å². The maximum absolute atomic E-state index is 12.5. The molecule has 0 aromatic carbocycles. The van der Waals surface area contributed by atoms with Crippen LogP contribution in [-0.2, 0) is 0 Å². The molecule has 0 spiro atoms. The lowest BCUT2D eigenvalue weighted by Gasteiger charge is -2.21. The van der Waals surface area contributed by atoms with Crippen molar-refractivity contribution in [2.24, 2.45) is 5.92 Å². The van der Waals surface area contributed by atoms with Gasteiger partial charge in [0.1, 0.15) is 0 Å². The molecule has 0 nitrogen and oxygen atoms in total. The average Bonchev–Trinajstić information content (AvgIpc) is 2.23. The average molecular weight is 246 g/mol. The zero-order chi connectivity index (χ0) is 12.6. The van der Waals surface area contributed by atoms with E-state index in [1.165, 1.54) is 6.92 Å². The normalized spacial score (nSPS) is 24.6. The van der Waals surface area contributed by atoms with E-state index in [1.54, 1.807) is 0 Å². The van der Waals surface area contributed by atoms with Gasteiger partial charge in [-0.25, -0.2) is 0 Å². The molecule has 0 bridgehead atoms. The van der Waals surface area contributed by atoms with E-state index in [4.69, 9.17) is 0 Å². The van der Waals surface area contributed by atoms with Crippen LogP contribution in [0.3, 0.4) is 0 Å². The predicted molar refractivity (Wildman–Crippen MR) is 46.8 cm³/mol. The molecular formula is C10H12F6. The molecule has 16 heavy (non-hydrogen) atoms. The fourth-order valence-electron chi connectivity index (χ4n) is 1.92. The van der Waals surface area contributed by atoms with E-state index in [9.17, 15) is 26.3 Å². The summed E-state index contributed by atoms with van der Waals surface area (Å²) in [6.45, 7) is 1.27. The Morgan fingerprint density at radius 3 is 2.06 bits per heavy atom. The maximum Gasteiger partial charge on any atom is 0.412 e. The second-order valence-corrected chi connectivity index (χ2v) is 4.09.